The van der Waals surface area contributed by atoms with E-state index < -0.39 is 0 Å². The average molecular weight is 517 g/mol. The van der Waals surface area contributed by atoms with Gasteiger partial charge in [-0.1, -0.05) is 66.7 Å². The molecule has 0 spiro atoms. The third kappa shape index (κ3) is 4.91. The number of hydrogen-bond donors (Lipinski definition) is 0. The Labute approximate surface area is 227 Å². The Hall–Kier alpha value is -4.78. The van der Waals surface area contributed by atoms with E-state index in [4.69, 9.17) is 0 Å². The van der Waals surface area contributed by atoms with E-state index in [2.05, 4.69) is 34.1 Å². The van der Waals surface area contributed by atoms with Crippen LogP contribution in [0.1, 0.15) is 32.0 Å². The molecule has 3 heterocycles. The minimum absolute atomic E-state index is 0.0909. The van der Waals surface area contributed by atoms with Crippen LogP contribution in [0.4, 0.5) is 5.69 Å². The van der Waals surface area contributed by atoms with Crippen LogP contribution in [0.3, 0.4) is 0 Å². The van der Waals surface area contributed by atoms with Crippen molar-refractivity contribution in [3.8, 4) is 11.1 Å². The highest BCUT2D eigenvalue weighted by molar-refractivity contribution is 6.23. The van der Waals surface area contributed by atoms with Crippen LogP contribution in [-0.2, 0) is 17.8 Å². The number of pyridine rings is 1. The lowest BCUT2D eigenvalue weighted by Crippen LogP contribution is -2.49. The van der Waals surface area contributed by atoms with Gasteiger partial charge in [-0.05, 0) is 41.0 Å². The van der Waals surface area contributed by atoms with E-state index >= 15 is 0 Å². The molecule has 1 aromatic heterocycles. The molecule has 0 atom stereocenters. The maximum Gasteiger partial charge on any atom is 0.264 e. The molecule has 7 nitrogen and oxygen atoms in total. The summed E-state index contributed by atoms with van der Waals surface area (Å²) < 4.78 is 0. The van der Waals surface area contributed by atoms with Gasteiger partial charge < -0.3 is 9.80 Å². The van der Waals surface area contributed by atoms with Gasteiger partial charge >= 0.3 is 0 Å². The number of nitrogens with zero attached hydrogens (tertiary/aromatic N) is 4. The van der Waals surface area contributed by atoms with Gasteiger partial charge in [0, 0.05) is 32.4 Å². The Kier molecular flexibility index (Phi) is 6.63. The summed E-state index contributed by atoms with van der Waals surface area (Å²) in [5.74, 6) is -0.503. The number of anilines is 1. The van der Waals surface area contributed by atoms with Crippen molar-refractivity contribution in [2.24, 2.45) is 0 Å². The molecule has 0 unspecified atom stereocenters. The monoisotopic (exact) mass is 516 g/mol. The fourth-order valence-electron chi connectivity index (χ4n) is 5.31. The average Bonchev–Trinajstić information content (AvgIpc) is 3.23. The maximum atomic E-state index is 13.4. The fourth-order valence-corrected chi connectivity index (χ4v) is 5.31. The number of hydrogen-bond acceptors (Lipinski definition) is 5. The highest BCUT2D eigenvalue weighted by Crippen LogP contribution is 2.33. The molecule has 1 fully saturated rings. The largest absolute Gasteiger partial charge is 0.367 e. The first-order valence-electron chi connectivity index (χ1n) is 13.1. The molecule has 0 aliphatic carbocycles. The van der Waals surface area contributed by atoms with Crippen LogP contribution in [0.5, 0.6) is 0 Å². The predicted octanol–water partition coefficient (Wildman–Crippen LogP) is 4.44. The van der Waals surface area contributed by atoms with Crippen LogP contribution in [0.25, 0.3) is 11.1 Å². The quantitative estimate of drug-likeness (QED) is 0.355. The molecule has 0 saturated carbocycles. The molecule has 3 aromatic carbocycles. The second-order valence-electron chi connectivity index (χ2n) is 9.82. The molecule has 0 N–H and O–H groups in total. The maximum absolute atomic E-state index is 13.4. The zero-order valence-electron chi connectivity index (χ0n) is 21.5. The van der Waals surface area contributed by atoms with Crippen LogP contribution in [0, 0.1) is 0 Å². The van der Waals surface area contributed by atoms with Gasteiger partial charge in [-0.25, -0.2) is 0 Å². The van der Waals surface area contributed by atoms with Crippen molar-refractivity contribution < 1.29 is 14.4 Å². The number of carbonyl (C=O) groups excluding carboxylic acids is 3. The third-order valence-corrected chi connectivity index (χ3v) is 7.41. The first kappa shape index (κ1) is 24.6. The van der Waals surface area contributed by atoms with Gasteiger partial charge in [-0.3, -0.25) is 24.3 Å². The molecule has 3 amide bonds. The molecule has 1 saturated heterocycles. The molecule has 6 rings (SSSR count). The summed E-state index contributed by atoms with van der Waals surface area (Å²) in [6, 6.07) is 29.2. The van der Waals surface area contributed by atoms with Gasteiger partial charge in [0.25, 0.3) is 11.8 Å². The smallest absolute Gasteiger partial charge is 0.264 e. The first-order valence-corrected chi connectivity index (χ1v) is 13.1. The topological polar surface area (TPSA) is 73.8 Å². The fraction of sp³-hybridized carbons (Fsp3) is 0.188. The summed E-state index contributed by atoms with van der Waals surface area (Å²) in [5, 5.41) is 0. The number of imide groups is 1. The molecule has 0 radical (unpaired) electrons. The van der Waals surface area contributed by atoms with Gasteiger partial charge in [0.2, 0.25) is 5.91 Å². The minimum Gasteiger partial charge on any atom is -0.367 e. The number of carbonyl (C=O) groups is 3. The standard InChI is InChI=1S/C32H28N4O3/c37-29(21-23-12-14-25(15-13-23)24-7-2-1-3-8-24)35-19-17-34(18-20-35)28-11-6-10-27-30(28)32(39)36(31(27)38)22-26-9-4-5-16-33-26/h1-16H,17-22H2. The van der Waals surface area contributed by atoms with Crippen molar-refractivity contribution in [1.82, 2.24) is 14.8 Å². The van der Waals surface area contributed by atoms with Crippen molar-refractivity contribution in [2.75, 3.05) is 31.1 Å². The van der Waals surface area contributed by atoms with Crippen molar-refractivity contribution >= 4 is 23.4 Å². The minimum atomic E-state index is -0.297. The molecular formula is C32H28N4O3. The van der Waals surface area contributed by atoms with Crippen molar-refractivity contribution in [1.29, 1.82) is 0 Å². The van der Waals surface area contributed by atoms with E-state index in [0.717, 1.165) is 22.4 Å². The third-order valence-electron chi connectivity index (χ3n) is 7.41. The summed E-state index contributed by atoms with van der Waals surface area (Å²) in [6.07, 6.45) is 2.00. The van der Waals surface area contributed by atoms with E-state index in [9.17, 15) is 14.4 Å². The lowest BCUT2D eigenvalue weighted by atomic mass is 10.0. The summed E-state index contributed by atoms with van der Waals surface area (Å²) >= 11 is 0. The Morgan fingerprint density at radius 3 is 2.15 bits per heavy atom. The molecular weight excluding hydrogens is 488 g/mol. The molecule has 4 aromatic rings. The molecule has 2 aliphatic rings. The van der Waals surface area contributed by atoms with E-state index in [0.29, 0.717) is 49.4 Å². The van der Waals surface area contributed by atoms with Crippen LogP contribution in [0.2, 0.25) is 0 Å². The number of amides is 3. The zero-order valence-corrected chi connectivity index (χ0v) is 21.5. The summed E-state index contributed by atoms with van der Waals surface area (Å²) in [7, 11) is 0. The second-order valence-corrected chi connectivity index (χ2v) is 9.82. The van der Waals surface area contributed by atoms with Gasteiger partial charge in [-0.15, -0.1) is 0 Å². The zero-order chi connectivity index (χ0) is 26.8. The van der Waals surface area contributed by atoms with Crippen LogP contribution >= 0.6 is 0 Å². The Morgan fingerprint density at radius 1 is 0.718 bits per heavy atom. The Balaban J connectivity index is 1.10. The van der Waals surface area contributed by atoms with Gasteiger partial charge in [0.15, 0.2) is 0 Å². The van der Waals surface area contributed by atoms with Crippen LogP contribution in [0.15, 0.2) is 97.2 Å². The summed E-state index contributed by atoms with van der Waals surface area (Å²) in [4.78, 5) is 49.0. The first-order chi connectivity index (χ1) is 19.1. The number of fused-ring (bicyclic) bond motifs is 1. The number of aromatic nitrogens is 1. The highest BCUT2D eigenvalue weighted by Gasteiger charge is 2.39. The van der Waals surface area contributed by atoms with Gasteiger partial charge in [-0.2, -0.15) is 0 Å². The predicted molar refractivity (Wildman–Crippen MR) is 149 cm³/mol. The highest BCUT2D eigenvalue weighted by atomic mass is 16.2. The molecule has 39 heavy (non-hydrogen) atoms. The lowest BCUT2D eigenvalue weighted by Gasteiger charge is -2.36. The van der Waals surface area contributed by atoms with Crippen LogP contribution < -0.4 is 4.90 Å². The second kappa shape index (κ2) is 10.5. The van der Waals surface area contributed by atoms with Gasteiger partial charge in [0.05, 0.1) is 35.5 Å². The number of rotatable bonds is 6. The Bertz CT molecular complexity index is 1510. The van der Waals surface area contributed by atoms with E-state index in [-0.39, 0.29) is 24.3 Å². The summed E-state index contributed by atoms with van der Waals surface area (Å²) in [5.41, 5.74) is 5.54. The normalized spacial score (nSPS) is 15.0. The van der Waals surface area contributed by atoms with Crippen LogP contribution in [-0.4, -0.2) is 58.7 Å². The summed E-state index contributed by atoms with van der Waals surface area (Å²) in [6.45, 7) is 2.45. The van der Waals surface area contributed by atoms with E-state index in [1.165, 1.54) is 4.90 Å². The van der Waals surface area contributed by atoms with Crippen molar-refractivity contribution in [2.45, 2.75) is 13.0 Å². The lowest BCUT2D eigenvalue weighted by molar-refractivity contribution is -0.130. The van der Waals surface area contributed by atoms with Crippen molar-refractivity contribution in [3.05, 3.63) is 120 Å². The van der Waals surface area contributed by atoms with Gasteiger partial charge in [0.1, 0.15) is 0 Å². The number of benzene rings is 3. The Morgan fingerprint density at radius 2 is 1.44 bits per heavy atom. The molecule has 0 bridgehead atoms. The van der Waals surface area contributed by atoms with E-state index in [1.807, 2.05) is 53.4 Å². The molecule has 7 heteroatoms. The van der Waals surface area contributed by atoms with E-state index in [1.54, 1.807) is 24.4 Å². The SMILES string of the molecule is O=C(Cc1ccc(-c2ccccc2)cc1)N1CCN(c2cccc3c2C(=O)N(Cc2ccccn2)C3=O)CC1. The molecule has 2 aliphatic heterocycles. The van der Waals surface area contributed by atoms with Crippen molar-refractivity contribution in [3.63, 3.8) is 0 Å². The number of piperazine rings is 1. The molecule has 194 valence electrons.